The third kappa shape index (κ3) is 2.97. The third-order valence-corrected chi connectivity index (χ3v) is 3.46. The summed E-state index contributed by atoms with van der Waals surface area (Å²) >= 11 is 0. The summed E-state index contributed by atoms with van der Waals surface area (Å²) in [6.07, 6.45) is 0. The van der Waals surface area contributed by atoms with Crippen LogP contribution in [-0.4, -0.2) is 17.4 Å². The highest BCUT2D eigenvalue weighted by Gasteiger charge is 2.27. The molecule has 0 radical (unpaired) electrons. The molecule has 0 unspecified atom stereocenters. The van der Waals surface area contributed by atoms with Crippen LogP contribution in [-0.2, 0) is 4.74 Å². The highest BCUT2D eigenvalue weighted by molar-refractivity contribution is 6.16. The normalized spacial score (nSPS) is 11.7. The van der Waals surface area contributed by atoms with E-state index in [4.69, 9.17) is 13.9 Å². The first kappa shape index (κ1) is 16.1. The standard InChI is InChI=1S/C19H18O5/c1-11-6-5-7-12(10-11)15(20)13-8-9-14(17-16(13)23-24-17)18(21)22-19(2,3)4/h5-10H,1-4H3. The van der Waals surface area contributed by atoms with Crippen LogP contribution in [0.5, 0.6) is 0 Å². The molecule has 0 atom stereocenters. The van der Waals surface area contributed by atoms with Gasteiger partial charge < -0.3 is 4.74 Å². The molecule has 3 rings (SSSR count). The van der Waals surface area contributed by atoms with E-state index in [9.17, 15) is 9.59 Å². The molecule has 0 fully saturated rings. The van der Waals surface area contributed by atoms with Gasteiger partial charge in [0.25, 0.3) is 0 Å². The highest BCUT2D eigenvalue weighted by atomic mass is 17.0. The molecule has 0 spiro atoms. The van der Waals surface area contributed by atoms with E-state index in [1.807, 2.05) is 19.1 Å². The van der Waals surface area contributed by atoms with Crippen molar-refractivity contribution < 1.29 is 23.5 Å². The monoisotopic (exact) mass is 326 g/mol. The molecule has 1 aromatic heterocycles. The van der Waals surface area contributed by atoms with Crippen LogP contribution in [0.4, 0.5) is 0 Å². The average molecular weight is 326 g/mol. The maximum Gasteiger partial charge on any atom is 0.342 e. The first-order chi connectivity index (χ1) is 11.3. The molecular formula is C19H18O5. The molecule has 0 aliphatic rings. The lowest BCUT2D eigenvalue weighted by atomic mass is 9.99. The lowest BCUT2D eigenvalue weighted by Crippen LogP contribution is -2.24. The zero-order valence-electron chi connectivity index (χ0n) is 14.0. The summed E-state index contributed by atoms with van der Waals surface area (Å²) in [5.41, 5.74) is 2.03. The number of hydrogen-bond acceptors (Lipinski definition) is 5. The minimum Gasteiger partial charge on any atom is -0.456 e. The van der Waals surface area contributed by atoms with Gasteiger partial charge in [0.1, 0.15) is 11.2 Å². The maximum atomic E-state index is 12.7. The number of ketones is 1. The smallest absolute Gasteiger partial charge is 0.342 e. The van der Waals surface area contributed by atoms with Crippen molar-refractivity contribution >= 4 is 22.9 Å². The molecule has 0 aliphatic carbocycles. The fourth-order valence-electron chi connectivity index (χ4n) is 2.39. The second-order valence-corrected chi connectivity index (χ2v) is 6.69. The highest BCUT2D eigenvalue weighted by Crippen LogP contribution is 2.29. The Morgan fingerprint density at radius 3 is 2.17 bits per heavy atom. The molecule has 0 amide bonds. The molecule has 0 N–H and O–H groups in total. The Kier molecular flexibility index (Phi) is 3.79. The number of aryl methyl sites for hydroxylation is 1. The van der Waals surface area contributed by atoms with E-state index in [0.717, 1.165) is 5.56 Å². The zero-order valence-corrected chi connectivity index (χ0v) is 14.0. The lowest BCUT2D eigenvalue weighted by Gasteiger charge is -2.19. The minimum atomic E-state index is -0.620. The first-order valence-corrected chi connectivity index (χ1v) is 7.62. The third-order valence-electron chi connectivity index (χ3n) is 3.46. The van der Waals surface area contributed by atoms with E-state index in [2.05, 4.69) is 0 Å². The van der Waals surface area contributed by atoms with Crippen molar-refractivity contribution in [2.75, 3.05) is 0 Å². The van der Waals surface area contributed by atoms with Crippen LogP contribution in [0.15, 0.2) is 45.6 Å². The van der Waals surface area contributed by atoms with Crippen LogP contribution in [0.2, 0.25) is 0 Å². The molecule has 0 aliphatic heterocycles. The number of fused-ring (bicyclic) bond motifs is 1. The van der Waals surface area contributed by atoms with Crippen molar-refractivity contribution in [2.45, 2.75) is 33.3 Å². The van der Waals surface area contributed by atoms with Crippen molar-refractivity contribution in [3.05, 3.63) is 58.7 Å². The topological polar surface area (TPSA) is 69.7 Å². The summed E-state index contributed by atoms with van der Waals surface area (Å²) in [5.74, 6) is -0.703. The molecular weight excluding hydrogens is 308 g/mol. The second kappa shape index (κ2) is 5.67. The minimum absolute atomic E-state index is 0.186. The molecule has 0 bridgehead atoms. The van der Waals surface area contributed by atoms with Gasteiger partial charge in [-0.25, -0.2) is 4.79 Å². The van der Waals surface area contributed by atoms with Gasteiger partial charge in [0.15, 0.2) is 5.78 Å². The summed E-state index contributed by atoms with van der Waals surface area (Å²) in [6.45, 7) is 7.26. The fourth-order valence-corrected chi connectivity index (χ4v) is 2.39. The number of carbonyl (C=O) groups excluding carboxylic acids is 2. The number of rotatable bonds is 3. The second-order valence-electron chi connectivity index (χ2n) is 6.69. The van der Waals surface area contributed by atoms with Gasteiger partial charge in [-0.2, -0.15) is 0 Å². The van der Waals surface area contributed by atoms with Gasteiger partial charge >= 0.3 is 5.97 Å². The van der Waals surface area contributed by atoms with Crippen molar-refractivity contribution in [3.63, 3.8) is 0 Å². The molecule has 24 heavy (non-hydrogen) atoms. The number of ether oxygens (including phenoxy) is 1. The number of hydrogen-bond donors (Lipinski definition) is 0. The predicted octanol–water partition coefficient (Wildman–Crippen LogP) is 4.52. The molecule has 1 heterocycles. The summed E-state index contributed by atoms with van der Waals surface area (Å²) in [6, 6.07) is 10.4. The Bertz CT molecular complexity index is 921. The van der Waals surface area contributed by atoms with Gasteiger partial charge in [-0.3, -0.25) is 13.9 Å². The van der Waals surface area contributed by atoms with Gasteiger partial charge in [-0.15, -0.1) is 0 Å². The van der Waals surface area contributed by atoms with Crippen LogP contribution >= 0.6 is 0 Å². The van der Waals surface area contributed by atoms with E-state index in [-0.39, 0.29) is 22.5 Å². The van der Waals surface area contributed by atoms with E-state index >= 15 is 0 Å². The van der Waals surface area contributed by atoms with Gasteiger partial charge in [-0.1, -0.05) is 23.8 Å². The molecule has 2 aromatic carbocycles. The van der Waals surface area contributed by atoms with Gasteiger partial charge in [-0.05, 0) is 45.9 Å². The van der Waals surface area contributed by atoms with Gasteiger partial charge in [0.2, 0.25) is 11.2 Å². The molecule has 0 saturated heterocycles. The zero-order chi connectivity index (χ0) is 17.5. The predicted molar refractivity (Wildman–Crippen MR) is 88.3 cm³/mol. The number of carbonyl (C=O) groups is 2. The Balaban J connectivity index is 1.98. The fraction of sp³-hybridized carbons (Fsp3) is 0.263. The van der Waals surface area contributed by atoms with Crippen LogP contribution in [0.3, 0.4) is 0 Å². The molecule has 5 nitrogen and oxygen atoms in total. The molecule has 124 valence electrons. The lowest BCUT2D eigenvalue weighted by molar-refractivity contribution is 0.00555. The SMILES string of the molecule is Cc1cccc(C(=O)c2ccc(C(=O)OC(C)(C)C)c3ooc23)c1. The maximum absolute atomic E-state index is 12.7. The number of benzene rings is 2. The summed E-state index contributed by atoms with van der Waals surface area (Å²) in [4.78, 5) is 24.9. The molecule has 0 saturated carbocycles. The molecule has 5 heteroatoms. The Morgan fingerprint density at radius 1 is 0.958 bits per heavy atom. The van der Waals surface area contributed by atoms with Crippen LogP contribution in [0.25, 0.3) is 11.2 Å². The Hall–Kier alpha value is -2.82. The van der Waals surface area contributed by atoms with E-state index in [1.54, 1.807) is 39.0 Å². The first-order valence-electron chi connectivity index (χ1n) is 7.62. The average Bonchev–Trinajstić information content (AvgIpc) is 2.45. The van der Waals surface area contributed by atoms with Crippen LogP contribution < -0.4 is 0 Å². The van der Waals surface area contributed by atoms with E-state index < -0.39 is 11.6 Å². The van der Waals surface area contributed by atoms with Crippen molar-refractivity contribution in [2.24, 2.45) is 0 Å². The summed E-state index contributed by atoms with van der Waals surface area (Å²) < 4.78 is 15.2. The molecule has 3 aromatic rings. The number of esters is 1. The van der Waals surface area contributed by atoms with Crippen LogP contribution in [0.1, 0.15) is 52.6 Å². The van der Waals surface area contributed by atoms with Gasteiger partial charge in [0, 0.05) is 5.56 Å². The quantitative estimate of drug-likeness (QED) is 0.402. The van der Waals surface area contributed by atoms with E-state index in [1.165, 1.54) is 6.07 Å². The van der Waals surface area contributed by atoms with Crippen molar-refractivity contribution in [1.82, 2.24) is 0 Å². The van der Waals surface area contributed by atoms with Crippen LogP contribution in [0, 0.1) is 6.92 Å². The Labute approximate surface area is 139 Å². The summed E-state index contributed by atoms with van der Waals surface area (Å²) in [5, 5.41) is 0. The van der Waals surface area contributed by atoms with Crippen molar-refractivity contribution in [1.29, 1.82) is 0 Å². The van der Waals surface area contributed by atoms with E-state index in [0.29, 0.717) is 11.1 Å². The largest absolute Gasteiger partial charge is 0.456 e. The van der Waals surface area contributed by atoms with Gasteiger partial charge in [0.05, 0.1) is 5.56 Å². The Morgan fingerprint density at radius 2 is 1.58 bits per heavy atom. The summed E-state index contributed by atoms with van der Waals surface area (Å²) in [7, 11) is 0. The van der Waals surface area contributed by atoms with Crippen molar-refractivity contribution in [3.8, 4) is 0 Å².